The Balaban J connectivity index is 1.38. The Morgan fingerprint density at radius 1 is 1.03 bits per heavy atom. The standard InChI is InChI=1S/C31H34N2O3/c1-21-9-11-25(12-10-21)29-28-19-27(16-15-24(28)17-18-33(29)31(35)26-13-14-26)36-22(2)30(34)32(3)20-23-7-5-4-6-8-23/h4-12,15-16,19,22,26,29H,13-14,17-18,20H2,1-3H3/t22-,29-/m1/s1. The zero-order valence-electron chi connectivity index (χ0n) is 21.3. The molecule has 1 aliphatic carbocycles. The van der Waals surface area contributed by atoms with Crippen molar-refractivity contribution < 1.29 is 14.3 Å². The summed E-state index contributed by atoms with van der Waals surface area (Å²) in [7, 11) is 1.80. The Hall–Kier alpha value is -3.60. The number of fused-ring (bicyclic) bond motifs is 1. The third kappa shape index (κ3) is 5.15. The van der Waals surface area contributed by atoms with Crippen molar-refractivity contribution in [2.24, 2.45) is 5.92 Å². The maximum Gasteiger partial charge on any atom is 0.263 e. The zero-order chi connectivity index (χ0) is 25.2. The number of carbonyl (C=O) groups excluding carboxylic acids is 2. The number of amides is 2. The van der Waals surface area contributed by atoms with Crippen LogP contribution in [0.15, 0.2) is 72.8 Å². The number of rotatable bonds is 7. The second-order valence-corrected chi connectivity index (χ2v) is 10.2. The maximum atomic E-state index is 13.2. The van der Waals surface area contributed by atoms with Crippen molar-refractivity contribution in [3.05, 3.63) is 101 Å². The number of hydrogen-bond donors (Lipinski definition) is 0. The molecule has 1 aliphatic heterocycles. The minimum Gasteiger partial charge on any atom is -0.481 e. The van der Waals surface area contributed by atoms with Crippen molar-refractivity contribution in [3.63, 3.8) is 0 Å². The summed E-state index contributed by atoms with van der Waals surface area (Å²) in [6.45, 7) is 5.13. The van der Waals surface area contributed by atoms with E-state index in [-0.39, 0.29) is 23.8 Å². The summed E-state index contributed by atoms with van der Waals surface area (Å²) in [6, 6.07) is 24.3. The summed E-state index contributed by atoms with van der Waals surface area (Å²) >= 11 is 0. The average molecular weight is 483 g/mol. The van der Waals surface area contributed by atoms with Gasteiger partial charge >= 0.3 is 0 Å². The quantitative estimate of drug-likeness (QED) is 0.459. The number of hydrogen-bond acceptors (Lipinski definition) is 3. The summed E-state index contributed by atoms with van der Waals surface area (Å²) in [5, 5.41) is 0. The summed E-state index contributed by atoms with van der Waals surface area (Å²) < 4.78 is 6.17. The predicted molar refractivity (Wildman–Crippen MR) is 141 cm³/mol. The Labute approximate surface area is 213 Å². The molecule has 0 saturated heterocycles. The van der Waals surface area contributed by atoms with Gasteiger partial charge in [0.05, 0.1) is 6.04 Å². The second-order valence-electron chi connectivity index (χ2n) is 10.2. The van der Waals surface area contributed by atoms with Crippen LogP contribution in [0.5, 0.6) is 5.75 Å². The monoisotopic (exact) mass is 482 g/mol. The van der Waals surface area contributed by atoms with Gasteiger partial charge in [-0.25, -0.2) is 0 Å². The normalized spacial score (nSPS) is 17.8. The van der Waals surface area contributed by atoms with Crippen molar-refractivity contribution in [1.29, 1.82) is 0 Å². The first kappa shape index (κ1) is 24.1. The lowest BCUT2D eigenvalue weighted by Gasteiger charge is -2.38. The molecule has 0 radical (unpaired) electrons. The molecule has 36 heavy (non-hydrogen) atoms. The first-order chi connectivity index (χ1) is 17.4. The van der Waals surface area contributed by atoms with Crippen LogP contribution in [0, 0.1) is 12.8 Å². The van der Waals surface area contributed by atoms with Gasteiger partial charge < -0.3 is 14.5 Å². The van der Waals surface area contributed by atoms with Crippen molar-refractivity contribution in [2.75, 3.05) is 13.6 Å². The van der Waals surface area contributed by atoms with Crippen LogP contribution in [-0.2, 0) is 22.6 Å². The molecular formula is C31H34N2O3. The number of carbonyl (C=O) groups is 2. The van der Waals surface area contributed by atoms with E-state index < -0.39 is 6.10 Å². The third-order valence-electron chi connectivity index (χ3n) is 7.25. The van der Waals surface area contributed by atoms with Gasteiger partial charge in [-0.2, -0.15) is 0 Å². The highest BCUT2D eigenvalue weighted by molar-refractivity contribution is 5.82. The minimum absolute atomic E-state index is 0.0720. The van der Waals surface area contributed by atoms with Crippen LogP contribution < -0.4 is 4.74 Å². The molecule has 2 aliphatic rings. The molecule has 0 spiro atoms. The van der Waals surface area contributed by atoms with Crippen LogP contribution in [-0.4, -0.2) is 41.3 Å². The summed E-state index contributed by atoms with van der Waals surface area (Å²) in [4.78, 5) is 30.0. The van der Waals surface area contributed by atoms with Crippen LogP contribution in [0.4, 0.5) is 0 Å². The van der Waals surface area contributed by atoms with E-state index in [0.717, 1.165) is 42.5 Å². The zero-order valence-corrected chi connectivity index (χ0v) is 21.3. The Morgan fingerprint density at radius 2 is 1.75 bits per heavy atom. The van der Waals surface area contributed by atoms with Crippen molar-refractivity contribution >= 4 is 11.8 Å². The lowest BCUT2D eigenvalue weighted by atomic mass is 9.87. The number of likely N-dealkylation sites (N-methyl/N-ethyl adjacent to an activating group) is 1. The highest BCUT2D eigenvalue weighted by Crippen LogP contribution is 2.41. The van der Waals surface area contributed by atoms with E-state index in [4.69, 9.17) is 4.74 Å². The molecule has 5 nitrogen and oxygen atoms in total. The lowest BCUT2D eigenvalue weighted by Crippen LogP contribution is -2.41. The number of benzene rings is 3. The van der Waals surface area contributed by atoms with Gasteiger partial charge in [-0.3, -0.25) is 9.59 Å². The largest absolute Gasteiger partial charge is 0.481 e. The molecule has 0 aromatic heterocycles. The van der Waals surface area contributed by atoms with Gasteiger partial charge in [0.15, 0.2) is 6.10 Å². The van der Waals surface area contributed by atoms with E-state index in [1.54, 1.807) is 18.9 Å². The molecule has 5 rings (SSSR count). The highest BCUT2D eigenvalue weighted by Gasteiger charge is 2.39. The molecule has 3 aromatic rings. The third-order valence-corrected chi connectivity index (χ3v) is 7.25. The van der Waals surface area contributed by atoms with Crippen LogP contribution >= 0.6 is 0 Å². The van der Waals surface area contributed by atoms with Crippen LogP contribution in [0.3, 0.4) is 0 Å². The highest BCUT2D eigenvalue weighted by atomic mass is 16.5. The number of ether oxygens (including phenoxy) is 1. The molecule has 186 valence electrons. The predicted octanol–water partition coefficient (Wildman–Crippen LogP) is 5.31. The van der Waals surface area contributed by atoms with Crippen molar-refractivity contribution in [3.8, 4) is 5.75 Å². The average Bonchev–Trinajstić information content (AvgIpc) is 3.74. The van der Waals surface area contributed by atoms with Gasteiger partial charge in [-0.1, -0.05) is 66.2 Å². The molecule has 5 heteroatoms. The Bertz CT molecular complexity index is 1230. The van der Waals surface area contributed by atoms with Gasteiger partial charge in [0.1, 0.15) is 5.75 Å². The molecule has 0 bridgehead atoms. The second kappa shape index (κ2) is 10.2. The molecule has 0 unspecified atom stereocenters. The Morgan fingerprint density at radius 3 is 2.44 bits per heavy atom. The van der Waals surface area contributed by atoms with Crippen LogP contribution in [0.1, 0.15) is 53.6 Å². The molecule has 2 amide bonds. The topological polar surface area (TPSA) is 49.9 Å². The van der Waals surface area contributed by atoms with Gasteiger partial charge in [-0.05, 0) is 67.5 Å². The SMILES string of the molecule is Cc1ccc([C@@H]2c3cc(O[C@H](C)C(=O)N(C)Cc4ccccc4)ccc3CCN2C(=O)C2CC2)cc1. The fourth-order valence-electron chi connectivity index (χ4n) is 5.08. The van der Waals surface area contributed by atoms with Gasteiger partial charge in [0, 0.05) is 26.1 Å². The van der Waals surface area contributed by atoms with Crippen LogP contribution in [0.25, 0.3) is 0 Å². The minimum atomic E-state index is -0.623. The van der Waals surface area contributed by atoms with Crippen molar-refractivity contribution in [2.45, 2.75) is 51.8 Å². The summed E-state index contributed by atoms with van der Waals surface area (Å²) in [5.74, 6) is 0.998. The van der Waals surface area contributed by atoms with E-state index in [2.05, 4.69) is 42.2 Å². The smallest absolute Gasteiger partial charge is 0.263 e. The van der Waals surface area contributed by atoms with Crippen LogP contribution in [0.2, 0.25) is 0 Å². The lowest BCUT2D eigenvalue weighted by molar-refractivity contribution is -0.137. The van der Waals surface area contributed by atoms with E-state index in [9.17, 15) is 9.59 Å². The van der Waals surface area contributed by atoms with E-state index >= 15 is 0 Å². The van der Waals surface area contributed by atoms with E-state index in [1.807, 2.05) is 42.5 Å². The molecule has 1 fully saturated rings. The molecule has 1 saturated carbocycles. The number of aryl methyl sites for hydroxylation is 1. The van der Waals surface area contributed by atoms with E-state index in [1.165, 1.54) is 11.1 Å². The first-order valence-corrected chi connectivity index (χ1v) is 12.9. The van der Waals surface area contributed by atoms with Crippen molar-refractivity contribution in [1.82, 2.24) is 9.80 Å². The van der Waals surface area contributed by atoms with Gasteiger partial charge in [0.25, 0.3) is 5.91 Å². The van der Waals surface area contributed by atoms with E-state index in [0.29, 0.717) is 12.3 Å². The maximum absolute atomic E-state index is 13.2. The summed E-state index contributed by atoms with van der Waals surface area (Å²) in [5.41, 5.74) is 5.70. The van der Waals surface area contributed by atoms with Gasteiger partial charge in [0.2, 0.25) is 5.91 Å². The molecule has 1 heterocycles. The Kier molecular flexibility index (Phi) is 6.82. The molecule has 3 aromatic carbocycles. The molecule has 0 N–H and O–H groups in total. The summed E-state index contributed by atoms with van der Waals surface area (Å²) in [6.07, 6.45) is 2.18. The number of nitrogens with zero attached hydrogens (tertiary/aromatic N) is 2. The fourth-order valence-corrected chi connectivity index (χ4v) is 5.08. The van der Waals surface area contributed by atoms with Gasteiger partial charge in [-0.15, -0.1) is 0 Å². The molecule has 2 atom stereocenters. The molecular weight excluding hydrogens is 448 g/mol. The fraction of sp³-hybridized carbons (Fsp3) is 0.355. The first-order valence-electron chi connectivity index (χ1n) is 12.9.